The molecule has 0 amide bonds. The van der Waals surface area contributed by atoms with Crippen molar-refractivity contribution in [2.24, 2.45) is 5.92 Å². The number of hydrogen-bond acceptors (Lipinski definition) is 2. The fourth-order valence-electron chi connectivity index (χ4n) is 1.11. The summed E-state index contributed by atoms with van der Waals surface area (Å²) >= 11 is 1.99. The summed E-state index contributed by atoms with van der Waals surface area (Å²) < 4.78 is 0. The van der Waals surface area contributed by atoms with Crippen LogP contribution in [0.2, 0.25) is 0 Å². The van der Waals surface area contributed by atoms with Crippen LogP contribution in [-0.4, -0.2) is 17.3 Å². The monoisotopic (exact) mass is 202 g/mol. The first-order chi connectivity index (χ1) is 6.18. The quantitative estimate of drug-likeness (QED) is 0.560. The van der Waals surface area contributed by atoms with Crippen molar-refractivity contribution < 1.29 is 4.79 Å². The van der Waals surface area contributed by atoms with E-state index in [0.717, 1.165) is 12.8 Å². The summed E-state index contributed by atoms with van der Waals surface area (Å²) in [6, 6.07) is 0. The van der Waals surface area contributed by atoms with Gasteiger partial charge in [-0.15, -0.1) is 0 Å². The molecule has 0 saturated heterocycles. The smallest absolute Gasteiger partial charge is 0.135 e. The Morgan fingerprint density at radius 2 is 1.92 bits per heavy atom. The molecule has 0 atom stereocenters. The number of Topliss-reactive ketones (excluding diaryl/α,β-unsaturated/α-hetero) is 1. The third-order valence-electron chi connectivity index (χ3n) is 2.06. The number of thioether (sulfide) groups is 1. The highest BCUT2D eigenvalue weighted by Crippen LogP contribution is 2.09. The fourth-order valence-corrected chi connectivity index (χ4v) is 1.81. The number of hydrogen-bond donors (Lipinski definition) is 0. The Labute approximate surface area is 86.7 Å². The van der Waals surface area contributed by atoms with E-state index in [1.165, 1.54) is 24.3 Å². The third-order valence-corrected chi connectivity index (χ3v) is 3.05. The predicted octanol–water partition coefficient (Wildman–Crippen LogP) is 3.53. The van der Waals surface area contributed by atoms with E-state index < -0.39 is 0 Å². The molecule has 0 aromatic heterocycles. The van der Waals surface area contributed by atoms with Gasteiger partial charge in [0.05, 0.1) is 0 Å². The number of carbonyl (C=O) groups is 1. The topological polar surface area (TPSA) is 17.1 Å². The first-order valence-electron chi connectivity index (χ1n) is 5.29. The average Bonchev–Trinajstić information content (AvgIpc) is 2.10. The second-order valence-electron chi connectivity index (χ2n) is 3.63. The molecule has 0 N–H and O–H groups in total. The molecule has 0 saturated carbocycles. The predicted molar refractivity (Wildman–Crippen MR) is 61.3 cm³/mol. The largest absolute Gasteiger partial charge is 0.299 e. The molecule has 0 aromatic carbocycles. The van der Waals surface area contributed by atoms with Crippen LogP contribution in [0.25, 0.3) is 0 Å². The molecular formula is C11H22OS. The van der Waals surface area contributed by atoms with Crippen molar-refractivity contribution in [1.82, 2.24) is 0 Å². The van der Waals surface area contributed by atoms with Crippen LogP contribution in [-0.2, 0) is 4.79 Å². The summed E-state index contributed by atoms with van der Waals surface area (Å²) in [6.45, 7) is 6.15. The van der Waals surface area contributed by atoms with E-state index >= 15 is 0 Å². The molecule has 13 heavy (non-hydrogen) atoms. The third kappa shape index (κ3) is 8.35. The van der Waals surface area contributed by atoms with Crippen molar-refractivity contribution in [1.29, 1.82) is 0 Å². The summed E-state index contributed by atoms with van der Waals surface area (Å²) in [5.74, 6) is 3.12. The molecule has 0 heterocycles. The van der Waals surface area contributed by atoms with Gasteiger partial charge in [-0.25, -0.2) is 0 Å². The Morgan fingerprint density at radius 3 is 2.46 bits per heavy atom. The molecule has 0 aromatic rings. The Hall–Kier alpha value is 0.0200. The molecule has 0 unspecified atom stereocenters. The summed E-state index contributed by atoms with van der Waals surface area (Å²) in [4.78, 5) is 11.2. The molecule has 2 heteroatoms. The van der Waals surface area contributed by atoms with Gasteiger partial charge in [-0.1, -0.05) is 27.2 Å². The summed E-state index contributed by atoms with van der Waals surface area (Å²) in [7, 11) is 0. The van der Waals surface area contributed by atoms with Crippen LogP contribution in [0.3, 0.4) is 0 Å². The van der Waals surface area contributed by atoms with Gasteiger partial charge in [-0.05, 0) is 24.3 Å². The minimum atomic E-state index is 0.227. The maximum Gasteiger partial charge on any atom is 0.135 e. The van der Waals surface area contributed by atoms with E-state index in [9.17, 15) is 4.79 Å². The van der Waals surface area contributed by atoms with Crippen LogP contribution in [0.4, 0.5) is 0 Å². The molecule has 78 valence electrons. The van der Waals surface area contributed by atoms with Gasteiger partial charge in [-0.2, -0.15) is 11.8 Å². The molecule has 0 radical (unpaired) electrons. The zero-order chi connectivity index (χ0) is 10.1. The van der Waals surface area contributed by atoms with Crippen molar-refractivity contribution in [3.63, 3.8) is 0 Å². The maximum absolute atomic E-state index is 11.2. The highest BCUT2D eigenvalue weighted by atomic mass is 32.2. The maximum atomic E-state index is 11.2. The standard InChI is InChI=1S/C11H22OS/c1-4-13-9-7-5-6-8-11(12)10(2)3/h10H,4-9H2,1-3H3. The second kappa shape index (κ2) is 8.61. The van der Waals surface area contributed by atoms with Crippen molar-refractivity contribution >= 4 is 17.5 Å². The molecule has 0 fully saturated rings. The van der Waals surface area contributed by atoms with Gasteiger partial charge in [0, 0.05) is 12.3 Å². The number of ketones is 1. The highest BCUT2D eigenvalue weighted by Gasteiger charge is 2.05. The lowest BCUT2D eigenvalue weighted by Crippen LogP contribution is -2.06. The van der Waals surface area contributed by atoms with Crippen LogP contribution in [0.1, 0.15) is 46.5 Å². The van der Waals surface area contributed by atoms with E-state index in [4.69, 9.17) is 0 Å². The Balaban J connectivity index is 3.12. The second-order valence-corrected chi connectivity index (χ2v) is 5.02. The molecule has 1 nitrogen and oxygen atoms in total. The first-order valence-corrected chi connectivity index (χ1v) is 6.44. The van der Waals surface area contributed by atoms with Crippen molar-refractivity contribution in [2.45, 2.75) is 46.5 Å². The Bertz CT molecular complexity index is 132. The van der Waals surface area contributed by atoms with Gasteiger partial charge < -0.3 is 0 Å². The van der Waals surface area contributed by atoms with Gasteiger partial charge in [-0.3, -0.25) is 4.79 Å². The van der Waals surface area contributed by atoms with Crippen LogP contribution in [0.15, 0.2) is 0 Å². The lowest BCUT2D eigenvalue weighted by atomic mass is 10.0. The lowest BCUT2D eigenvalue weighted by molar-refractivity contribution is -0.122. The molecule has 0 bridgehead atoms. The molecule has 0 aliphatic carbocycles. The van der Waals surface area contributed by atoms with Gasteiger partial charge in [0.15, 0.2) is 0 Å². The molecular weight excluding hydrogens is 180 g/mol. The van der Waals surface area contributed by atoms with Gasteiger partial charge in [0.1, 0.15) is 5.78 Å². The lowest BCUT2D eigenvalue weighted by Gasteiger charge is -2.03. The van der Waals surface area contributed by atoms with E-state index in [0.29, 0.717) is 5.78 Å². The van der Waals surface area contributed by atoms with Crippen molar-refractivity contribution in [2.75, 3.05) is 11.5 Å². The van der Waals surface area contributed by atoms with Gasteiger partial charge in [0.2, 0.25) is 0 Å². The van der Waals surface area contributed by atoms with Crippen molar-refractivity contribution in [3.05, 3.63) is 0 Å². The highest BCUT2D eigenvalue weighted by molar-refractivity contribution is 7.99. The minimum absolute atomic E-state index is 0.227. The van der Waals surface area contributed by atoms with E-state index in [2.05, 4.69) is 6.92 Å². The van der Waals surface area contributed by atoms with Crippen LogP contribution < -0.4 is 0 Å². The Kier molecular flexibility index (Phi) is 8.62. The van der Waals surface area contributed by atoms with E-state index in [-0.39, 0.29) is 5.92 Å². The van der Waals surface area contributed by atoms with Crippen LogP contribution in [0.5, 0.6) is 0 Å². The SMILES string of the molecule is CCSCCCCCC(=O)C(C)C. The summed E-state index contributed by atoms with van der Waals surface area (Å²) in [5, 5.41) is 0. The zero-order valence-corrected chi connectivity index (χ0v) is 9.95. The van der Waals surface area contributed by atoms with Gasteiger partial charge in [0.25, 0.3) is 0 Å². The zero-order valence-electron chi connectivity index (χ0n) is 9.14. The number of unbranched alkanes of at least 4 members (excludes halogenated alkanes) is 2. The fraction of sp³-hybridized carbons (Fsp3) is 0.909. The Morgan fingerprint density at radius 1 is 1.23 bits per heavy atom. The summed E-state index contributed by atoms with van der Waals surface area (Å²) in [6.07, 6.45) is 4.35. The van der Waals surface area contributed by atoms with Gasteiger partial charge >= 0.3 is 0 Å². The normalized spacial score (nSPS) is 10.8. The van der Waals surface area contributed by atoms with E-state index in [1.54, 1.807) is 0 Å². The first kappa shape index (κ1) is 13.0. The minimum Gasteiger partial charge on any atom is -0.299 e. The van der Waals surface area contributed by atoms with Crippen LogP contribution >= 0.6 is 11.8 Å². The number of rotatable bonds is 8. The molecule has 0 rings (SSSR count). The van der Waals surface area contributed by atoms with E-state index in [1.807, 2.05) is 25.6 Å². The van der Waals surface area contributed by atoms with Crippen LogP contribution in [0, 0.1) is 5.92 Å². The van der Waals surface area contributed by atoms with Crippen molar-refractivity contribution in [3.8, 4) is 0 Å². The molecule has 0 spiro atoms. The number of carbonyl (C=O) groups excluding carboxylic acids is 1. The summed E-state index contributed by atoms with van der Waals surface area (Å²) in [5.41, 5.74) is 0. The molecule has 0 aliphatic heterocycles. The molecule has 0 aliphatic rings. The average molecular weight is 202 g/mol.